The molecular formula is C13H10F2O2. The Balaban J connectivity index is 2.68. The first-order valence-corrected chi connectivity index (χ1v) is 4.95. The molecule has 0 unspecified atom stereocenters. The average Bonchev–Trinajstić information content (AvgIpc) is 2.32. The standard InChI is InChI=1S/C13H10F2O2/c1-17-13-9(5-3-7-11(13)16)8-4-2-6-10(14)12(8)15/h2-7,16H,1H3. The molecule has 2 aromatic rings. The van der Waals surface area contributed by atoms with E-state index in [0.717, 1.165) is 6.07 Å². The number of phenols is 1. The van der Waals surface area contributed by atoms with Crippen molar-refractivity contribution in [2.24, 2.45) is 0 Å². The van der Waals surface area contributed by atoms with Crippen molar-refractivity contribution in [3.05, 3.63) is 48.0 Å². The van der Waals surface area contributed by atoms with Crippen LogP contribution in [0.3, 0.4) is 0 Å². The fourth-order valence-corrected chi connectivity index (χ4v) is 1.66. The van der Waals surface area contributed by atoms with Gasteiger partial charge in [0.2, 0.25) is 0 Å². The van der Waals surface area contributed by atoms with Gasteiger partial charge in [0.1, 0.15) is 0 Å². The number of rotatable bonds is 2. The number of hydrogen-bond acceptors (Lipinski definition) is 2. The Kier molecular flexibility index (Phi) is 2.95. The highest BCUT2D eigenvalue weighted by molar-refractivity contribution is 5.74. The fraction of sp³-hybridized carbons (Fsp3) is 0.0769. The van der Waals surface area contributed by atoms with Crippen molar-refractivity contribution in [1.82, 2.24) is 0 Å². The van der Waals surface area contributed by atoms with E-state index < -0.39 is 11.6 Å². The van der Waals surface area contributed by atoms with Crippen LogP contribution in [-0.4, -0.2) is 12.2 Å². The van der Waals surface area contributed by atoms with Crippen LogP contribution in [0.2, 0.25) is 0 Å². The number of benzene rings is 2. The Hall–Kier alpha value is -2.10. The fourth-order valence-electron chi connectivity index (χ4n) is 1.66. The lowest BCUT2D eigenvalue weighted by molar-refractivity contribution is 0.374. The number of halogens is 2. The van der Waals surface area contributed by atoms with Gasteiger partial charge in [-0.2, -0.15) is 0 Å². The van der Waals surface area contributed by atoms with Gasteiger partial charge >= 0.3 is 0 Å². The molecule has 1 N–H and O–H groups in total. The molecule has 2 aromatic carbocycles. The van der Waals surface area contributed by atoms with Gasteiger partial charge in [-0.05, 0) is 12.1 Å². The summed E-state index contributed by atoms with van der Waals surface area (Å²) in [5, 5.41) is 9.57. The van der Waals surface area contributed by atoms with Crippen molar-refractivity contribution in [2.45, 2.75) is 0 Å². The van der Waals surface area contributed by atoms with E-state index in [1.54, 1.807) is 6.07 Å². The molecule has 0 amide bonds. The number of methoxy groups -OCH3 is 1. The maximum atomic E-state index is 13.6. The highest BCUT2D eigenvalue weighted by Gasteiger charge is 2.15. The van der Waals surface area contributed by atoms with Crippen LogP contribution >= 0.6 is 0 Å². The third kappa shape index (κ3) is 1.93. The molecule has 0 saturated heterocycles. The average molecular weight is 236 g/mol. The molecule has 0 atom stereocenters. The zero-order chi connectivity index (χ0) is 12.4. The van der Waals surface area contributed by atoms with Gasteiger partial charge < -0.3 is 9.84 Å². The lowest BCUT2D eigenvalue weighted by atomic mass is 10.0. The SMILES string of the molecule is COc1c(O)cccc1-c1cccc(F)c1F. The Labute approximate surface area is 97.1 Å². The van der Waals surface area contributed by atoms with Crippen LogP contribution in [0.15, 0.2) is 36.4 Å². The molecule has 0 saturated carbocycles. The zero-order valence-corrected chi connectivity index (χ0v) is 9.08. The summed E-state index contributed by atoms with van der Waals surface area (Å²) in [4.78, 5) is 0. The van der Waals surface area contributed by atoms with Gasteiger partial charge in [0.15, 0.2) is 23.1 Å². The first kappa shape index (κ1) is 11.4. The van der Waals surface area contributed by atoms with Crippen molar-refractivity contribution >= 4 is 0 Å². The number of ether oxygens (including phenoxy) is 1. The minimum absolute atomic E-state index is 0.0535. The molecule has 0 aliphatic heterocycles. The van der Waals surface area contributed by atoms with Crippen molar-refractivity contribution in [3.8, 4) is 22.6 Å². The largest absolute Gasteiger partial charge is 0.504 e. The predicted octanol–water partition coefficient (Wildman–Crippen LogP) is 3.35. The molecule has 2 rings (SSSR count). The van der Waals surface area contributed by atoms with Gasteiger partial charge in [-0.15, -0.1) is 0 Å². The molecule has 0 heterocycles. The highest BCUT2D eigenvalue weighted by atomic mass is 19.2. The summed E-state index contributed by atoms with van der Waals surface area (Å²) in [5.41, 5.74) is 0.363. The molecule has 4 heteroatoms. The molecule has 0 aliphatic carbocycles. The van der Waals surface area contributed by atoms with Crippen molar-refractivity contribution in [1.29, 1.82) is 0 Å². The van der Waals surface area contributed by atoms with Crippen LogP contribution in [0.4, 0.5) is 8.78 Å². The van der Waals surface area contributed by atoms with E-state index in [0.29, 0.717) is 5.56 Å². The minimum atomic E-state index is -0.962. The van der Waals surface area contributed by atoms with Crippen LogP contribution < -0.4 is 4.74 Å². The van der Waals surface area contributed by atoms with Crippen molar-refractivity contribution in [3.63, 3.8) is 0 Å². The monoisotopic (exact) mass is 236 g/mol. The van der Waals surface area contributed by atoms with Crippen molar-refractivity contribution < 1.29 is 18.6 Å². The van der Waals surface area contributed by atoms with E-state index in [9.17, 15) is 13.9 Å². The van der Waals surface area contributed by atoms with Crippen molar-refractivity contribution in [2.75, 3.05) is 7.11 Å². The third-order valence-corrected chi connectivity index (χ3v) is 2.44. The lowest BCUT2D eigenvalue weighted by Crippen LogP contribution is -1.93. The quantitative estimate of drug-likeness (QED) is 0.866. The van der Waals surface area contributed by atoms with Gasteiger partial charge in [0.25, 0.3) is 0 Å². The summed E-state index contributed by atoms with van der Waals surface area (Å²) >= 11 is 0. The molecule has 0 spiro atoms. The molecule has 0 radical (unpaired) electrons. The molecule has 0 aromatic heterocycles. The van der Waals surface area contributed by atoms with E-state index >= 15 is 0 Å². The molecule has 17 heavy (non-hydrogen) atoms. The van der Waals surface area contributed by atoms with E-state index in [2.05, 4.69) is 0 Å². The number of para-hydroxylation sites is 1. The van der Waals surface area contributed by atoms with Crippen LogP contribution in [0.5, 0.6) is 11.5 Å². The topological polar surface area (TPSA) is 29.5 Å². The summed E-state index contributed by atoms with van der Waals surface area (Å²) < 4.78 is 31.7. The van der Waals surface area contributed by atoms with Crippen LogP contribution in [-0.2, 0) is 0 Å². The van der Waals surface area contributed by atoms with Gasteiger partial charge in [0, 0.05) is 11.1 Å². The molecule has 0 bridgehead atoms. The zero-order valence-electron chi connectivity index (χ0n) is 9.08. The molecule has 0 aliphatic rings. The maximum Gasteiger partial charge on any atom is 0.168 e. The highest BCUT2D eigenvalue weighted by Crippen LogP contribution is 2.38. The summed E-state index contributed by atoms with van der Waals surface area (Å²) in [5.74, 6) is -1.89. The number of phenolic OH excluding ortho intramolecular Hbond substituents is 1. The van der Waals surface area contributed by atoms with Crippen LogP contribution in [0, 0.1) is 11.6 Å². The van der Waals surface area contributed by atoms with Gasteiger partial charge in [-0.1, -0.05) is 24.3 Å². The van der Waals surface area contributed by atoms with Gasteiger partial charge in [-0.3, -0.25) is 0 Å². The summed E-state index contributed by atoms with van der Waals surface area (Å²) in [7, 11) is 1.36. The molecule has 2 nitrogen and oxygen atoms in total. The Morgan fingerprint density at radius 2 is 1.65 bits per heavy atom. The summed E-state index contributed by atoms with van der Waals surface area (Å²) in [6.07, 6.45) is 0. The third-order valence-electron chi connectivity index (χ3n) is 2.44. The minimum Gasteiger partial charge on any atom is -0.504 e. The summed E-state index contributed by atoms with van der Waals surface area (Å²) in [6.45, 7) is 0. The van der Waals surface area contributed by atoms with E-state index in [4.69, 9.17) is 4.74 Å². The Morgan fingerprint density at radius 1 is 1.00 bits per heavy atom. The second-order valence-corrected chi connectivity index (χ2v) is 3.46. The second-order valence-electron chi connectivity index (χ2n) is 3.46. The molecule has 0 fully saturated rings. The van der Waals surface area contributed by atoms with Gasteiger partial charge in [0.05, 0.1) is 7.11 Å². The Morgan fingerprint density at radius 3 is 2.35 bits per heavy atom. The van der Waals surface area contributed by atoms with Gasteiger partial charge in [-0.25, -0.2) is 8.78 Å². The molecular weight excluding hydrogens is 226 g/mol. The second kappa shape index (κ2) is 4.41. The Bertz CT molecular complexity index is 553. The van der Waals surface area contributed by atoms with Crippen LogP contribution in [0.1, 0.15) is 0 Å². The maximum absolute atomic E-state index is 13.6. The van der Waals surface area contributed by atoms with E-state index in [1.165, 1.54) is 31.4 Å². The molecule has 88 valence electrons. The number of aromatic hydroxyl groups is 1. The van der Waals surface area contributed by atoms with E-state index in [-0.39, 0.29) is 17.1 Å². The number of hydrogen-bond donors (Lipinski definition) is 1. The first-order chi connectivity index (χ1) is 8.15. The smallest absolute Gasteiger partial charge is 0.168 e. The summed E-state index contributed by atoms with van der Waals surface area (Å²) in [6, 6.07) is 8.37. The lowest BCUT2D eigenvalue weighted by Gasteiger charge is -2.11. The predicted molar refractivity (Wildman–Crippen MR) is 60.0 cm³/mol. The normalized spacial score (nSPS) is 10.3. The van der Waals surface area contributed by atoms with E-state index in [1.807, 2.05) is 0 Å². The van der Waals surface area contributed by atoms with Crippen LogP contribution in [0.25, 0.3) is 11.1 Å². The first-order valence-electron chi connectivity index (χ1n) is 4.95.